The second-order valence-corrected chi connectivity index (χ2v) is 5.98. The molecule has 4 heteroatoms. The predicted octanol–water partition coefficient (Wildman–Crippen LogP) is 3.54. The van der Waals surface area contributed by atoms with Gasteiger partial charge >= 0.3 is 0 Å². The summed E-state index contributed by atoms with van der Waals surface area (Å²) in [6, 6.07) is 0.537. The highest BCUT2D eigenvalue weighted by molar-refractivity contribution is 5.42. The fourth-order valence-corrected chi connectivity index (χ4v) is 3.05. The Kier molecular flexibility index (Phi) is 5.00. The molecule has 2 rings (SSSR count). The van der Waals surface area contributed by atoms with Crippen LogP contribution in [0.2, 0.25) is 0 Å². The van der Waals surface area contributed by atoms with E-state index in [2.05, 4.69) is 41.4 Å². The van der Waals surface area contributed by atoms with Crippen LogP contribution in [0.1, 0.15) is 46.5 Å². The smallest absolute Gasteiger partial charge is 0.147 e. The summed E-state index contributed by atoms with van der Waals surface area (Å²) < 4.78 is 0. The SMILES string of the molecule is CCCNc1cncc(NC2CC(C)CC(C)C2)n1. The largest absolute Gasteiger partial charge is 0.369 e. The number of aromatic nitrogens is 2. The van der Waals surface area contributed by atoms with Crippen molar-refractivity contribution in [3.05, 3.63) is 12.4 Å². The highest BCUT2D eigenvalue weighted by Gasteiger charge is 2.23. The van der Waals surface area contributed by atoms with Gasteiger partial charge in [0, 0.05) is 12.6 Å². The number of rotatable bonds is 5. The Bertz CT molecular complexity index is 383. The van der Waals surface area contributed by atoms with Crippen LogP contribution in [-0.4, -0.2) is 22.6 Å². The van der Waals surface area contributed by atoms with Crippen molar-refractivity contribution in [1.29, 1.82) is 0 Å². The molecule has 0 aliphatic heterocycles. The van der Waals surface area contributed by atoms with Gasteiger partial charge in [-0.15, -0.1) is 0 Å². The lowest BCUT2D eigenvalue weighted by molar-refractivity contribution is 0.280. The molecular formula is C15H26N4. The molecule has 1 aliphatic rings. The molecule has 0 bridgehead atoms. The molecule has 0 saturated heterocycles. The molecule has 1 fully saturated rings. The van der Waals surface area contributed by atoms with Gasteiger partial charge in [0.25, 0.3) is 0 Å². The Morgan fingerprint density at radius 2 is 1.79 bits per heavy atom. The van der Waals surface area contributed by atoms with Crippen molar-refractivity contribution in [3.63, 3.8) is 0 Å². The third-order valence-corrected chi connectivity index (χ3v) is 3.72. The van der Waals surface area contributed by atoms with Gasteiger partial charge in [0.1, 0.15) is 11.6 Å². The molecule has 2 unspecified atom stereocenters. The van der Waals surface area contributed by atoms with E-state index in [0.29, 0.717) is 6.04 Å². The highest BCUT2D eigenvalue weighted by Crippen LogP contribution is 2.30. The van der Waals surface area contributed by atoms with Crippen LogP contribution in [0.25, 0.3) is 0 Å². The molecule has 2 N–H and O–H groups in total. The van der Waals surface area contributed by atoms with E-state index in [1.165, 1.54) is 19.3 Å². The van der Waals surface area contributed by atoms with Crippen molar-refractivity contribution in [2.75, 3.05) is 17.2 Å². The first-order valence-electron chi connectivity index (χ1n) is 7.49. The van der Waals surface area contributed by atoms with E-state index in [1.807, 2.05) is 6.20 Å². The maximum absolute atomic E-state index is 4.57. The van der Waals surface area contributed by atoms with Gasteiger partial charge < -0.3 is 10.6 Å². The first-order chi connectivity index (χ1) is 9.17. The highest BCUT2D eigenvalue weighted by atomic mass is 15.1. The van der Waals surface area contributed by atoms with E-state index in [9.17, 15) is 0 Å². The predicted molar refractivity (Wildman–Crippen MR) is 80.4 cm³/mol. The number of nitrogens with zero attached hydrogens (tertiary/aromatic N) is 2. The summed E-state index contributed by atoms with van der Waals surface area (Å²) in [6.07, 6.45) is 8.52. The summed E-state index contributed by atoms with van der Waals surface area (Å²) in [5.74, 6) is 3.36. The first kappa shape index (κ1) is 14.1. The Labute approximate surface area is 116 Å². The average molecular weight is 262 g/mol. The summed E-state index contributed by atoms with van der Waals surface area (Å²) in [7, 11) is 0. The van der Waals surface area contributed by atoms with E-state index in [1.54, 1.807) is 6.20 Å². The van der Waals surface area contributed by atoms with Crippen LogP contribution in [0.4, 0.5) is 11.6 Å². The molecule has 1 saturated carbocycles. The van der Waals surface area contributed by atoms with Gasteiger partial charge in [-0.2, -0.15) is 0 Å². The zero-order valence-electron chi connectivity index (χ0n) is 12.3. The third-order valence-electron chi connectivity index (χ3n) is 3.72. The van der Waals surface area contributed by atoms with Crippen molar-refractivity contribution < 1.29 is 0 Å². The topological polar surface area (TPSA) is 49.8 Å². The van der Waals surface area contributed by atoms with E-state index in [0.717, 1.165) is 36.4 Å². The standard InChI is InChI=1S/C15H26N4/c1-4-5-17-14-9-16-10-15(19-14)18-13-7-11(2)6-12(3)8-13/h9-13H,4-8H2,1-3H3,(H2,17,18,19). The molecule has 2 atom stereocenters. The lowest BCUT2D eigenvalue weighted by atomic mass is 9.80. The van der Waals surface area contributed by atoms with Crippen molar-refractivity contribution in [1.82, 2.24) is 9.97 Å². The molecule has 0 amide bonds. The zero-order valence-corrected chi connectivity index (χ0v) is 12.3. The van der Waals surface area contributed by atoms with Crippen molar-refractivity contribution in [2.24, 2.45) is 11.8 Å². The lowest BCUT2D eigenvalue weighted by Crippen LogP contribution is -2.30. The lowest BCUT2D eigenvalue weighted by Gasteiger charge is -2.32. The molecule has 19 heavy (non-hydrogen) atoms. The molecule has 1 aromatic heterocycles. The summed E-state index contributed by atoms with van der Waals surface area (Å²) in [5.41, 5.74) is 0. The van der Waals surface area contributed by atoms with Gasteiger partial charge in [0.2, 0.25) is 0 Å². The molecule has 106 valence electrons. The van der Waals surface area contributed by atoms with E-state index in [-0.39, 0.29) is 0 Å². The van der Waals surface area contributed by atoms with E-state index in [4.69, 9.17) is 0 Å². The molecule has 0 radical (unpaired) electrons. The Morgan fingerprint density at radius 3 is 2.47 bits per heavy atom. The molecule has 0 spiro atoms. The van der Waals surface area contributed by atoms with Crippen LogP contribution in [-0.2, 0) is 0 Å². The van der Waals surface area contributed by atoms with Gasteiger partial charge in [-0.3, -0.25) is 4.98 Å². The van der Waals surface area contributed by atoms with Gasteiger partial charge in [-0.25, -0.2) is 4.98 Å². The monoisotopic (exact) mass is 262 g/mol. The summed E-state index contributed by atoms with van der Waals surface area (Å²) in [4.78, 5) is 8.82. The number of hydrogen-bond donors (Lipinski definition) is 2. The zero-order chi connectivity index (χ0) is 13.7. The minimum atomic E-state index is 0.537. The van der Waals surface area contributed by atoms with Crippen LogP contribution in [0.5, 0.6) is 0 Å². The quantitative estimate of drug-likeness (QED) is 0.852. The molecule has 1 aromatic rings. The minimum absolute atomic E-state index is 0.537. The minimum Gasteiger partial charge on any atom is -0.369 e. The Balaban J connectivity index is 1.94. The fourth-order valence-electron chi connectivity index (χ4n) is 3.05. The second kappa shape index (κ2) is 6.73. The van der Waals surface area contributed by atoms with Gasteiger partial charge in [-0.1, -0.05) is 20.8 Å². The van der Waals surface area contributed by atoms with Crippen molar-refractivity contribution in [3.8, 4) is 0 Å². The van der Waals surface area contributed by atoms with Crippen LogP contribution in [0.3, 0.4) is 0 Å². The second-order valence-electron chi connectivity index (χ2n) is 5.98. The molecule has 1 aliphatic carbocycles. The normalized spacial score (nSPS) is 27.0. The first-order valence-corrected chi connectivity index (χ1v) is 7.49. The maximum atomic E-state index is 4.57. The van der Waals surface area contributed by atoms with Gasteiger partial charge in [0.15, 0.2) is 0 Å². The van der Waals surface area contributed by atoms with Crippen molar-refractivity contribution in [2.45, 2.75) is 52.5 Å². The summed E-state index contributed by atoms with van der Waals surface area (Å²) in [5, 5.41) is 6.82. The van der Waals surface area contributed by atoms with Crippen molar-refractivity contribution >= 4 is 11.6 Å². The van der Waals surface area contributed by atoms with Crippen LogP contribution in [0, 0.1) is 11.8 Å². The van der Waals surface area contributed by atoms with Crippen LogP contribution in [0.15, 0.2) is 12.4 Å². The Hall–Kier alpha value is -1.32. The number of nitrogens with one attached hydrogen (secondary N) is 2. The average Bonchev–Trinajstić information content (AvgIpc) is 2.35. The summed E-state index contributed by atoms with van der Waals surface area (Å²) >= 11 is 0. The third kappa shape index (κ3) is 4.37. The number of anilines is 2. The molecule has 0 aromatic carbocycles. The van der Waals surface area contributed by atoms with Crippen LogP contribution < -0.4 is 10.6 Å². The summed E-state index contributed by atoms with van der Waals surface area (Å²) in [6.45, 7) is 7.77. The number of hydrogen-bond acceptors (Lipinski definition) is 4. The maximum Gasteiger partial charge on any atom is 0.147 e. The molecule has 4 nitrogen and oxygen atoms in total. The van der Waals surface area contributed by atoms with E-state index >= 15 is 0 Å². The molecular weight excluding hydrogens is 236 g/mol. The van der Waals surface area contributed by atoms with Gasteiger partial charge in [0.05, 0.1) is 12.4 Å². The van der Waals surface area contributed by atoms with E-state index < -0.39 is 0 Å². The van der Waals surface area contributed by atoms with Gasteiger partial charge in [-0.05, 0) is 37.5 Å². The molecule has 1 heterocycles. The Morgan fingerprint density at radius 1 is 1.11 bits per heavy atom. The fraction of sp³-hybridized carbons (Fsp3) is 0.733. The van der Waals surface area contributed by atoms with Crippen LogP contribution >= 0.6 is 0 Å².